The first kappa shape index (κ1) is 17.7. The lowest BCUT2D eigenvalue weighted by Gasteiger charge is -2.09. The minimum Gasteiger partial charge on any atom is -0.478 e. The molecule has 0 heterocycles. The second kappa shape index (κ2) is 7.78. The van der Waals surface area contributed by atoms with Crippen LogP contribution in [0.4, 0.5) is 5.69 Å². The average Bonchev–Trinajstić information content (AvgIpc) is 2.63. The standard InChI is InChI=1S/C18H10ClN3O3/c19-15-6-5-12(7-16(15)22-10-11(8-20)9-21)17(23)13-3-1-2-4-14(13)18(24)25/h1-7,10,22H,(H,24,25). The molecule has 122 valence electrons. The number of aromatic carboxylic acids is 1. The monoisotopic (exact) mass is 351 g/mol. The molecular formula is C18H10ClN3O3. The lowest BCUT2D eigenvalue weighted by atomic mass is 9.98. The molecule has 0 aliphatic rings. The number of halogens is 1. The molecule has 25 heavy (non-hydrogen) atoms. The Morgan fingerprint density at radius 1 is 1.08 bits per heavy atom. The van der Waals surface area contributed by atoms with Crippen LogP contribution >= 0.6 is 11.6 Å². The van der Waals surface area contributed by atoms with Crippen LogP contribution in [0.2, 0.25) is 5.02 Å². The third kappa shape index (κ3) is 4.03. The van der Waals surface area contributed by atoms with Gasteiger partial charge in [-0.2, -0.15) is 10.5 Å². The van der Waals surface area contributed by atoms with Gasteiger partial charge in [-0.15, -0.1) is 0 Å². The van der Waals surface area contributed by atoms with Crippen LogP contribution < -0.4 is 5.32 Å². The number of nitrogens with one attached hydrogen (secondary N) is 1. The van der Waals surface area contributed by atoms with E-state index >= 15 is 0 Å². The first-order chi connectivity index (χ1) is 12.0. The molecule has 2 aromatic rings. The number of nitrogens with zero attached hydrogens (tertiary/aromatic N) is 2. The summed E-state index contributed by atoms with van der Waals surface area (Å²) in [5, 5.41) is 29.6. The predicted octanol–water partition coefficient (Wildman–Crippen LogP) is 3.61. The highest BCUT2D eigenvalue weighted by Crippen LogP contribution is 2.25. The highest BCUT2D eigenvalue weighted by atomic mass is 35.5. The third-order valence-corrected chi connectivity index (χ3v) is 3.57. The van der Waals surface area contributed by atoms with E-state index in [1.54, 1.807) is 18.2 Å². The number of carbonyl (C=O) groups excluding carboxylic acids is 1. The number of carboxylic acids is 1. The quantitative estimate of drug-likeness (QED) is 0.628. The fourth-order valence-electron chi connectivity index (χ4n) is 2.04. The Kier molecular flexibility index (Phi) is 5.52. The molecule has 2 rings (SSSR count). The molecule has 0 spiro atoms. The number of ketones is 1. The summed E-state index contributed by atoms with van der Waals surface area (Å²) in [5.74, 6) is -1.69. The van der Waals surface area contributed by atoms with E-state index in [0.29, 0.717) is 5.69 Å². The molecular weight excluding hydrogens is 342 g/mol. The summed E-state index contributed by atoms with van der Waals surface area (Å²) in [5.41, 5.74) is 0.304. The van der Waals surface area contributed by atoms with Crippen molar-refractivity contribution < 1.29 is 14.7 Å². The Labute approximate surface area is 148 Å². The zero-order chi connectivity index (χ0) is 18.4. The van der Waals surface area contributed by atoms with E-state index in [4.69, 9.17) is 22.1 Å². The SMILES string of the molecule is N#CC(C#N)=CNc1cc(C(=O)c2ccccc2C(=O)O)ccc1Cl. The molecule has 0 aromatic heterocycles. The van der Waals surface area contributed by atoms with Gasteiger partial charge in [0.1, 0.15) is 17.7 Å². The lowest BCUT2D eigenvalue weighted by molar-refractivity contribution is 0.0693. The number of carbonyl (C=O) groups is 2. The van der Waals surface area contributed by atoms with Crippen LogP contribution in [0.1, 0.15) is 26.3 Å². The van der Waals surface area contributed by atoms with Gasteiger partial charge in [-0.25, -0.2) is 4.79 Å². The number of carboxylic acid groups (broad SMARTS) is 1. The van der Waals surface area contributed by atoms with Crippen molar-refractivity contribution >= 4 is 29.0 Å². The Morgan fingerprint density at radius 2 is 1.72 bits per heavy atom. The first-order valence-electron chi connectivity index (χ1n) is 6.91. The number of benzene rings is 2. The largest absolute Gasteiger partial charge is 0.478 e. The summed E-state index contributed by atoms with van der Waals surface area (Å²) in [7, 11) is 0. The van der Waals surface area contributed by atoms with Gasteiger partial charge >= 0.3 is 5.97 Å². The average molecular weight is 352 g/mol. The zero-order valence-electron chi connectivity index (χ0n) is 12.7. The Balaban J connectivity index is 2.42. The van der Waals surface area contributed by atoms with Gasteiger partial charge in [0.25, 0.3) is 0 Å². The number of hydrogen-bond donors (Lipinski definition) is 2. The fraction of sp³-hybridized carbons (Fsp3) is 0. The van der Waals surface area contributed by atoms with Crippen LogP contribution in [0.3, 0.4) is 0 Å². The van der Waals surface area contributed by atoms with Crippen molar-refractivity contribution in [3.05, 3.63) is 76.0 Å². The van der Waals surface area contributed by atoms with E-state index < -0.39 is 11.8 Å². The Hall–Kier alpha value is -3.61. The molecule has 0 aliphatic heterocycles. The van der Waals surface area contributed by atoms with Crippen molar-refractivity contribution in [3.8, 4) is 12.1 Å². The molecule has 0 unspecified atom stereocenters. The molecule has 0 atom stereocenters. The molecule has 6 nitrogen and oxygen atoms in total. The highest BCUT2D eigenvalue weighted by molar-refractivity contribution is 6.33. The van der Waals surface area contributed by atoms with E-state index in [-0.39, 0.29) is 27.3 Å². The minimum atomic E-state index is -1.20. The molecule has 0 bridgehead atoms. The second-order valence-electron chi connectivity index (χ2n) is 4.80. The van der Waals surface area contributed by atoms with E-state index in [1.165, 1.54) is 42.6 Å². The molecule has 0 saturated carbocycles. The van der Waals surface area contributed by atoms with E-state index in [1.807, 2.05) is 0 Å². The van der Waals surface area contributed by atoms with Gasteiger partial charge in [0, 0.05) is 17.3 Å². The second-order valence-corrected chi connectivity index (χ2v) is 5.21. The molecule has 7 heteroatoms. The van der Waals surface area contributed by atoms with Gasteiger partial charge in [0.05, 0.1) is 16.3 Å². The van der Waals surface area contributed by atoms with Crippen molar-refractivity contribution in [1.82, 2.24) is 0 Å². The number of hydrogen-bond acceptors (Lipinski definition) is 5. The van der Waals surface area contributed by atoms with E-state index in [9.17, 15) is 14.7 Å². The predicted molar refractivity (Wildman–Crippen MR) is 91.2 cm³/mol. The maximum atomic E-state index is 12.6. The van der Waals surface area contributed by atoms with Gasteiger partial charge in [-0.3, -0.25) is 4.79 Å². The van der Waals surface area contributed by atoms with E-state index in [0.717, 1.165) is 0 Å². The highest BCUT2D eigenvalue weighted by Gasteiger charge is 2.18. The molecule has 2 aromatic carbocycles. The zero-order valence-corrected chi connectivity index (χ0v) is 13.4. The topological polar surface area (TPSA) is 114 Å². The summed E-state index contributed by atoms with van der Waals surface area (Å²) in [4.78, 5) is 23.9. The lowest BCUT2D eigenvalue weighted by Crippen LogP contribution is -2.09. The molecule has 0 fully saturated rings. The van der Waals surface area contributed by atoms with Crippen LogP contribution in [0.25, 0.3) is 0 Å². The number of anilines is 1. The molecule has 0 amide bonds. The summed E-state index contributed by atoms with van der Waals surface area (Å²) in [6.07, 6.45) is 1.17. The van der Waals surface area contributed by atoms with Crippen LogP contribution in [0.15, 0.2) is 54.2 Å². The Bertz CT molecular complexity index is 952. The van der Waals surface area contributed by atoms with Crippen molar-refractivity contribution in [1.29, 1.82) is 10.5 Å². The van der Waals surface area contributed by atoms with Crippen LogP contribution in [-0.2, 0) is 0 Å². The van der Waals surface area contributed by atoms with Crippen molar-refractivity contribution in [2.24, 2.45) is 0 Å². The molecule has 0 aliphatic carbocycles. The molecule has 0 radical (unpaired) electrons. The van der Waals surface area contributed by atoms with Gasteiger partial charge in [-0.05, 0) is 24.3 Å². The van der Waals surface area contributed by atoms with Crippen molar-refractivity contribution in [2.75, 3.05) is 5.32 Å². The van der Waals surface area contributed by atoms with Crippen LogP contribution in [-0.4, -0.2) is 16.9 Å². The molecule has 0 saturated heterocycles. The van der Waals surface area contributed by atoms with Crippen LogP contribution in [0.5, 0.6) is 0 Å². The number of nitriles is 2. The maximum Gasteiger partial charge on any atom is 0.336 e. The maximum absolute atomic E-state index is 12.6. The van der Waals surface area contributed by atoms with E-state index in [2.05, 4.69) is 5.32 Å². The smallest absolute Gasteiger partial charge is 0.336 e. The van der Waals surface area contributed by atoms with Gasteiger partial charge in [0.15, 0.2) is 5.78 Å². The first-order valence-corrected chi connectivity index (χ1v) is 7.29. The number of rotatable bonds is 5. The minimum absolute atomic E-state index is 0.0496. The summed E-state index contributed by atoms with van der Waals surface area (Å²) in [6, 6.07) is 13.6. The Morgan fingerprint density at radius 3 is 2.32 bits per heavy atom. The summed E-state index contributed by atoms with van der Waals surface area (Å²) in [6.45, 7) is 0. The molecule has 2 N–H and O–H groups in total. The van der Waals surface area contributed by atoms with Crippen molar-refractivity contribution in [3.63, 3.8) is 0 Å². The fourth-order valence-corrected chi connectivity index (χ4v) is 2.21. The summed E-state index contributed by atoms with van der Waals surface area (Å²) < 4.78 is 0. The van der Waals surface area contributed by atoms with Gasteiger partial charge < -0.3 is 10.4 Å². The third-order valence-electron chi connectivity index (χ3n) is 3.24. The van der Waals surface area contributed by atoms with Gasteiger partial charge in [-0.1, -0.05) is 29.8 Å². The van der Waals surface area contributed by atoms with Crippen LogP contribution in [0, 0.1) is 22.7 Å². The summed E-state index contributed by atoms with van der Waals surface area (Å²) >= 11 is 6.04. The van der Waals surface area contributed by atoms with Crippen molar-refractivity contribution in [2.45, 2.75) is 0 Å². The number of allylic oxidation sites excluding steroid dienone is 1. The normalized spacial score (nSPS) is 9.40. The van der Waals surface area contributed by atoms with Gasteiger partial charge in [0.2, 0.25) is 0 Å².